The molecule has 106 valence electrons. The number of carbonyl (C=O) groups is 1. The van der Waals surface area contributed by atoms with Crippen LogP contribution in [0.3, 0.4) is 0 Å². The summed E-state index contributed by atoms with van der Waals surface area (Å²) < 4.78 is 3.93. The number of aromatic nitrogens is 2. The van der Waals surface area contributed by atoms with Gasteiger partial charge in [-0.3, -0.25) is 4.79 Å². The molecule has 2 rings (SSSR count). The molecule has 2 unspecified atom stereocenters. The predicted octanol–water partition coefficient (Wildman–Crippen LogP) is 1.72. The largest absolute Gasteiger partial charge is 0.337 e. The lowest BCUT2D eigenvalue weighted by Gasteiger charge is -2.36. The zero-order valence-corrected chi connectivity index (χ0v) is 12.6. The summed E-state index contributed by atoms with van der Waals surface area (Å²) in [5.41, 5.74) is 6.61. The fourth-order valence-electron chi connectivity index (χ4n) is 2.51. The normalized spacial score (nSPS) is 23.9. The van der Waals surface area contributed by atoms with Crippen molar-refractivity contribution in [3.8, 4) is 0 Å². The van der Waals surface area contributed by atoms with E-state index in [1.54, 1.807) is 0 Å². The van der Waals surface area contributed by atoms with Crippen LogP contribution in [0.25, 0.3) is 0 Å². The van der Waals surface area contributed by atoms with E-state index in [9.17, 15) is 4.79 Å². The first-order valence-electron chi connectivity index (χ1n) is 6.86. The molecule has 2 heterocycles. The van der Waals surface area contributed by atoms with Gasteiger partial charge in [0.05, 0.1) is 5.69 Å². The number of hydrogen-bond donors (Lipinski definition) is 1. The van der Waals surface area contributed by atoms with Crippen molar-refractivity contribution in [2.45, 2.75) is 33.1 Å². The predicted molar refractivity (Wildman–Crippen MR) is 76.2 cm³/mol. The van der Waals surface area contributed by atoms with Gasteiger partial charge >= 0.3 is 0 Å². The van der Waals surface area contributed by atoms with Gasteiger partial charge in [-0.2, -0.15) is 0 Å². The Bertz CT molecular complexity index is 446. The average molecular weight is 282 g/mol. The molecule has 1 aromatic heterocycles. The molecular formula is C13H22N4OS. The molecule has 0 bridgehead atoms. The molecule has 2 N–H and O–H groups in total. The minimum atomic E-state index is 0.0732. The molecule has 0 spiro atoms. The maximum Gasteiger partial charge on any atom is 0.267 e. The summed E-state index contributed by atoms with van der Waals surface area (Å²) in [5, 5.41) is 4.08. The molecular weight excluding hydrogens is 260 g/mol. The van der Waals surface area contributed by atoms with Crippen LogP contribution in [-0.4, -0.2) is 40.0 Å². The highest BCUT2D eigenvalue weighted by molar-refractivity contribution is 7.08. The van der Waals surface area contributed by atoms with E-state index in [1.807, 2.05) is 18.7 Å². The summed E-state index contributed by atoms with van der Waals surface area (Å²) in [5.74, 6) is 1.30. The first kappa shape index (κ1) is 14.4. The topological polar surface area (TPSA) is 72.1 Å². The van der Waals surface area contributed by atoms with Gasteiger partial charge in [0.1, 0.15) is 4.88 Å². The van der Waals surface area contributed by atoms with Crippen LogP contribution in [0.5, 0.6) is 0 Å². The van der Waals surface area contributed by atoms with Gasteiger partial charge < -0.3 is 10.6 Å². The third-order valence-electron chi connectivity index (χ3n) is 3.96. The van der Waals surface area contributed by atoms with Gasteiger partial charge in [0, 0.05) is 13.1 Å². The second-order valence-corrected chi connectivity index (χ2v) is 6.41. The van der Waals surface area contributed by atoms with E-state index in [0.29, 0.717) is 23.3 Å². The fraction of sp³-hybridized carbons (Fsp3) is 0.769. The Kier molecular flexibility index (Phi) is 4.52. The molecule has 5 nitrogen and oxygen atoms in total. The lowest BCUT2D eigenvalue weighted by molar-refractivity contribution is 0.0621. The summed E-state index contributed by atoms with van der Waals surface area (Å²) >= 11 is 1.21. The summed E-state index contributed by atoms with van der Waals surface area (Å²) in [7, 11) is 0. The first-order valence-corrected chi connectivity index (χ1v) is 7.63. The van der Waals surface area contributed by atoms with E-state index < -0.39 is 0 Å². The van der Waals surface area contributed by atoms with Crippen molar-refractivity contribution in [1.29, 1.82) is 0 Å². The number of nitrogens with zero attached hydrogens (tertiary/aromatic N) is 3. The fourth-order valence-corrected chi connectivity index (χ4v) is 3.30. The molecule has 1 amide bonds. The lowest BCUT2D eigenvalue weighted by atomic mass is 9.87. The molecule has 6 heteroatoms. The molecule has 0 radical (unpaired) electrons. The molecule has 1 aliphatic heterocycles. The molecule has 1 aliphatic rings. The van der Waals surface area contributed by atoms with Crippen molar-refractivity contribution < 1.29 is 4.79 Å². The minimum absolute atomic E-state index is 0.0732. The minimum Gasteiger partial charge on any atom is -0.337 e. The first-order chi connectivity index (χ1) is 9.04. The quantitative estimate of drug-likeness (QED) is 0.916. The van der Waals surface area contributed by atoms with Crippen molar-refractivity contribution >= 4 is 17.4 Å². The van der Waals surface area contributed by atoms with Crippen LogP contribution in [0.1, 0.15) is 48.5 Å². The summed E-state index contributed by atoms with van der Waals surface area (Å²) in [6, 6.07) is 0. The van der Waals surface area contributed by atoms with E-state index >= 15 is 0 Å². The van der Waals surface area contributed by atoms with E-state index in [4.69, 9.17) is 5.73 Å². The molecule has 1 aromatic rings. The third kappa shape index (κ3) is 2.95. The maximum atomic E-state index is 12.6. The van der Waals surface area contributed by atoms with Gasteiger partial charge in [0.2, 0.25) is 0 Å². The number of likely N-dealkylation sites (tertiary alicyclic amines) is 1. The smallest absolute Gasteiger partial charge is 0.267 e. The van der Waals surface area contributed by atoms with E-state index in [-0.39, 0.29) is 11.8 Å². The lowest BCUT2D eigenvalue weighted by Crippen LogP contribution is -2.45. The van der Waals surface area contributed by atoms with Crippen LogP contribution in [0, 0.1) is 11.8 Å². The summed E-state index contributed by atoms with van der Waals surface area (Å²) in [6.45, 7) is 8.50. The van der Waals surface area contributed by atoms with Gasteiger partial charge in [-0.1, -0.05) is 25.3 Å². The van der Waals surface area contributed by atoms with Gasteiger partial charge in [0.25, 0.3) is 5.91 Å². The molecule has 1 saturated heterocycles. The number of amides is 1. The summed E-state index contributed by atoms with van der Waals surface area (Å²) in [4.78, 5) is 15.2. The highest BCUT2D eigenvalue weighted by Gasteiger charge is 2.31. The van der Waals surface area contributed by atoms with Crippen LogP contribution >= 0.6 is 11.5 Å². The highest BCUT2D eigenvalue weighted by Crippen LogP contribution is 2.26. The van der Waals surface area contributed by atoms with Crippen LogP contribution in [-0.2, 0) is 0 Å². The Morgan fingerprint density at radius 3 is 2.95 bits per heavy atom. The number of piperidine rings is 1. The monoisotopic (exact) mass is 282 g/mol. The Morgan fingerprint density at radius 2 is 2.32 bits per heavy atom. The van der Waals surface area contributed by atoms with Crippen LogP contribution in [0.4, 0.5) is 0 Å². The maximum absolute atomic E-state index is 12.6. The summed E-state index contributed by atoms with van der Waals surface area (Å²) in [6.07, 6.45) is 1.02. The average Bonchev–Trinajstić information content (AvgIpc) is 2.87. The number of carbonyl (C=O) groups excluding carboxylic acids is 1. The van der Waals surface area contributed by atoms with Crippen molar-refractivity contribution in [3.05, 3.63) is 10.6 Å². The van der Waals surface area contributed by atoms with Gasteiger partial charge in [-0.05, 0) is 42.3 Å². The van der Waals surface area contributed by atoms with Gasteiger partial charge in [-0.15, -0.1) is 5.10 Å². The SMILES string of the molecule is CC(C)c1nnsc1C(=O)N1CCC(C)C(CN)C1. The standard InChI is InChI=1S/C13H22N4OS/c1-8(2)11-12(19-16-15-11)13(18)17-5-4-9(3)10(6-14)7-17/h8-10H,4-7,14H2,1-3H3. The molecule has 1 fully saturated rings. The highest BCUT2D eigenvalue weighted by atomic mass is 32.1. The Hall–Kier alpha value is -1.01. The van der Waals surface area contributed by atoms with Crippen molar-refractivity contribution in [3.63, 3.8) is 0 Å². The van der Waals surface area contributed by atoms with E-state index in [0.717, 1.165) is 25.2 Å². The van der Waals surface area contributed by atoms with Gasteiger partial charge in [-0.25, -0.2) is 0 Å². The Labute approximate surface area is 118 Å². The zero-order valence-electron chi connectivity index (χ0n) is 11.8. The van der Waals surface area contributed by atoms with E-state index in [2.05, 4.69) is 16.5 Å². The van der Waals surface area contributed by atoms with Crippen LogP contribution in [0.2, 0.25) is 0 Å². The number of rotatable bonds is 3. The van der Waals surface area contributed by atoms with Crippen LogP contribution in [0.15, 0.2) is 0 Å². The van der Waals surface area contributed by atoms with Crippen LogP contribution < -0.4 is 5.73 Å². The van der Waals surface area contributed by atoms with E-state index in [1.165, 1.54) is 11.5 Å². The van der Waals surface area contributed by atoms with Crippen molar-refractivity contribution in [2.75, 3.05) is 19.6 Å². The molecule has 2 atom stereocenters. The van der Waals surface area contributed by atoms with Crippen molar-refractivity contribution in [1.82, 2.24) is 14.5 Å². The Balaban J connectivity index is 2.13. The second-order valence-electron chi connectivity index (χ2n) is 5.65. The molecule has 0 aliphatic carbocycles. The Morgan fingerprint density at radius 1 is 1.58 bits per heavy atom. The molecule has 19 heavy (non-hydrogen) atoms. The van der Waals surface area contributed by atoms with Gasteiger partial charge in [0.15, 0.2) is 0 Å². The number of nitrogens with two attached hydrogens (primary N) is 1. The number of hydrogen-bond acceptors (Lipinski definition) is 5. The third-order valence-corrected chi connectivity index (χ3v) is 4.69. The molecule has 0 aromatic carbocycles. The second kappa shape index (κ2) is 5.96. The molecule has 0 saturated carbocycles. The zero-order chi connectivity index (χ0) is 14.0. The van der Waals surface area contributed by atoms with Crippen molar-refractivity contribution in [2.24, 2.45) is 17.6 Å².